The molecule has 0 aromatic rings. The Kier molecular flexibility index (Phi) is 29.2. The molecule has 0 saturated carbocycles. The van der Waals surface area contributed by atoms with Crippen molar-refractivity contribution < 1.29 is 28.7 Å². The summed E-state index contributed by atoms with van der Waals surface area (Å²) < 4.78 is 10.2. The lowest BCUT2D eigenvalue weighted by Gasteiger charge is -2.19. The van der Waals surface area contributed by atoms with Gasteiger partial charge in [0.15, 0.2) is 11.6 Å². The summed E-state index contributed by atoms with van der Waals surface area (Å²) in [6.45, 7) is 25.0. The van der Waals surface area contributed by atoms with Crippen molar-refractivity contribution in [1.82, 2.24) is 0 Å². The third-order valence-electron chi connectivity index (χ3n) is 3.95. The van der Waals surface area contributed by atoms with Crippen LogP contribution < -0.4 is 0 Å². The van der Waals surface area contributed by atoms with Crippen LogP contribution in [0.5, 0.6) is 0 Å². The van der Waals surface area contributed by atoms with E-state index in [-0.39, 0.29) is 34.7 Å². The van der Waals surface area contributed by atoms with Crippen molar-refractivity contribution in [1.29, 1.82) is 0 Å². The number of allylic oxidation sites excluding steroid dienone is 2. The number of carbonyl (C=O) groups is 4. The quantitative estimate of drug-likeness (QED) is 0.152. The van der Waals surface area contributed by atoms with E-state index in [0.717, 1.165) is 25.2 Å². The highest BCUT2D eigenvalue weighted by Gasteiger charge is 2.15. The molecular formula is C31H60O6. The first kappa shape index (κ1) is 42.1. The van der Waals surface area contributed by atoms with Crippen LogP contribution >= 0.6 is 0 Å². The number of esters is 2. The molecule has 0 unspecified atom stereocenters. The first-order valence-electron chi connectivity index (χ1n) is 13.9. The van der Waals surface area contributed by atoms with Crippen molar-refractivity contribution in [2.75, 3.05) is 0 Å². The molecule has 6 nitrogen and oxygen atoms in total. The number of hydrogen-bond acceptors (Lipinski definition) is 6. The van der Waals surface area contributed by atoms with Crippen molar-refractivity contribution in [3.05, 3.63) is 12.2 Å². The fraction of sp³-hybridized carbons (Fsp3) is 0.806. The molecule has 6 heteroatoms. The number of rotatable bonds is 11. The zero-order valence-corrected chi connectivity index (χ0v) is 26.5. The molecule has 0 bridgehead atoms. The van der Waals surface area contributed by atoms with Crippen molar-refractivity contribution in [2.45, 2.75) is 159 Å². The summed E-state index contributed by atoms with van der Waals surface area (Å²) in [6, 6.07) is 0. The molecule has 0 aliphatic heterocycles. The normalized spacial score (nSPS) is 10.8. The van der Waals surface area contributed by atoms with Gasteiger partial charge in [0.1, 0.15) is 11.2 Å². The van der Waals surface area contributed by atoms with Crippen LogP contribution in [-0.4, -0.2) is 34.7 Å². The molecule has 0 radical (unpaired) electrons. The second-order valence-corrected chi connectivity index (χ2v) is 11.5. The minimum Gasteiger partial charge on any atom is -0.460 e. The highest BCUT2D eigenvalue weighted by atomic mass is 16.6. The maximum Gasteiger partial charge on any atom is 0.306 e. The molecular weight excluding hydrogens is 468 g/mol. The molecule has 0 fully saturated rings. The standard InChI is InChI=1S/C11H22O2.C8H16O2.C6H8O2.C6H14/c1-5-6-7-8-9-10(12)13-11(2,3)4;1-5-6-7(9)10-8(2,3)4;1-5(7)3-4-6(2)8;1-4-5-6(2)3/h5-9H2,1-4H3;5-6H2,1-4H3;3-4H,1-2H3;6H,4-5H2,1-3H3/b;;4-3-;. The molecule has 0 aliphatic rings. The van der Waals surface area contributed by atoms with E-state index in [1.807, 2.05) is 48.5 Å². The Labute approximate surface area is 229 Å². The van der Waals surface area contributed by atoms with E-state index in [1.54, 1.807) is 0 Å². The zero-order chi connectivity index (χ0) is 30.1. The maximum atomic E-state index is 11.2. The fourth-order valence-electron chi connectivity index (χ4n) is 2.50. The van der Waals surface area contributed by atoms with Gasteiger partial charge in [-0.1, -0.05) is 66.7 Å². The van der Waals surface area contributed by atoms with Gasteiger partial charge in [0.25, 0.3) is 0 Å². The van der Waals surface area contributed by atoms with Crippen LogP contribution in [0.15, 0.2) is 12.2 Å². The molecule has 0 aromatic carbocycles. The zero-order valence-electron chi connectivity index (χ0n) is 26.5. The van der Waals surface area contributed by atoms with Gasteiger partial charge >= 0.3 is 11.9 Å². The predicted molar refractivity (Wildman–Crippen MR) is 156 cm³/mol. The van der Waals surface area contributed by atoms with Gasteiger partial charge in [-0.3, -0.25) is 19.2 Å². The van der Waals surface area contributed by atoms with Gasteiger partial charge in [-0.15, -0.1) is 0 Å². The van der Waals surface area contributed by atoms with Crippen LogP contribution in [0, 0.1) is 5.92 Å². The van der Waals surface area contributed by atoms with Crippen LogP contribution in [0.3, 0.4) is 0 Å². The fourth-order valence-corrected chi connectivity index (χ4v) is 2.50. The van der Waals surface area contributed by atoms with Crippen LogP contribution in [-0.2, 0) is 28.7 Å². The summed E-state index contributed by atoms with van der Waals surface area (Å²) in [5, 5.41) is 0. The smallest absolute Gasteiger partial charge is 0.306 e. The number of ether oxygens (including phenoxy) is 2. The summed E-state index contributed by atoms with van der Waals surface area (Å²) in [6.07, 6.45) is 11.7. The van der Waals surface area contributed by atoms with Crippen molar-refractivity contribution in [3.8, 4) is 0 Å². The summed E-state index contributed by atoms with van der Waals surface area (Å²) in [5.41, 5.74) is -0.659. The Hall–Kier alpha value is -1.98. The Bertz CT molecular complexity index is 603. The Morgan fingerprint density at radius 3 is 1.27 bits per heavy atom. The second kappa shape index (κ2) is 25.7. The van der Waals surface area contributed by atoms with Crippen molar-refractivity contribution in [2.24, 2.45) is 5.92 Å². The molecule has 0 saturated heterocycles. The van der Waals surface area contributed by atoms with Gasteiger partial charge < -0.3 is 9.47 Å². The van der Waals surface area contributed by atoms with Crippen LogP contribution in [0.4, 0.5) is 0 Å². The van der Waals surface area contributed by atoms with E-state index < -0.39 is 0 Å². The Morgan fingerprint density at radius 1 is 0.622 bits per heavy atom. The number of carbonyl (C=O) groups excluding carboxylic acids is 4. The van der Waals surface area contributed by atoms with E-state index in [0.29, 0.717) is 12.8 Å². The highest BCUT2D eigenvalue weighted by molar-refractivity contribution is 5.96. The minimum atomic E-state index is -0.332. The van der Waals surface area contributed by atoms with Gasteiger partial charge in [0.2, 0.25) is 0 Å². The molecule has 37 heavy (non-hydrogen) atoms. The minimum absolute atomic E-state index is 0.0661. The molecule has 0 N–H and O–H groups in total. The summed E-state index contributed by atoms with van der Waals surface area (Å²) >= 11 is 0. The lowest BCUT2D eigenvalue weighted by atomic mass is 10.1. The third-order valence-corrected chi connectivity index (χ3v) is 3.95. The average molecular weight is 529 g/mol. The lowest BCUT2D eigenvalue weighted by Crippen LogP contribution is -2.23. The van der Waals surface area contributed by atoms with E-state index >= 15 is 0 Å². The summed E-state index contributed by atoms with van der Waals surface area (Å²) in [4.78, 5) is 42.3. The predicted octanol–water partition coefficient (Wildman–Crippen LogP) is 8.59. The summed E-state index contributed by atoms with van der Waals surface area (Å²) in [7, 11) is 0. The van der Waals surface area contributed by atoms with E-state index in [4.69, 9.17) is 9.47 Å². The number of hydrogen-bond donors (Lipinski definition) is 0. The largest absolute Gasteiger partial charge is 0.460 e. The first-order valence-corrected chi connectivity index (χ1v) is 13.9. The molecule has 0 spiro atoms. The monoisotopic (exact) mass is 528 g/mol. The van der Waals surface area contributed by atoms with E-state index in [1.165, 1.54) is 51.7 Å². The van der Waals surface area contributed by atoms with Gasteiger partial charge in [0, 0.05) is 12.8 Å². The highest BCUT2D eigenvalue weighted by Crippen LogP contribution is 2.11. The molecule has 0 aliphatic carbocycles. The molecule has 0 amide bonds. The molecule has 0 aromatic heterocycles. The topological polar surface area (TPSA) is 86.7 Å². The number of ketones is 2. The van der Waals surface area contributed by atoms with Crippen LogP contribution in [0.1, 0.15) is 148 Å². The van der Waals surface area contributed by atoms with E-state index in [9.17, 15) is 19.2 Å². The van der Waals surface area contributed by atoms with Gasteiger partial charge in [-0.05, 0) is 86.3 Å². The molecule has 0 heterocycles. The van der Waals surface area contributed by atoms with Crippen molar-refractivity contribution >= 4 is 23.5 Å². The SMILES string of the molecule is CC(=O)/C=C\C(C)=O.CCCC(=O)OC(C)(C)C.CCCC(C)C.CCCCCCC(=O)OC(C)(C)C. The lowest BCUT2D eigenvalue weighted by molar-refractivity contribution is -0.156. The van der Waals surface area contributed by atoms with Crippen molar-refractivity contribution in [3.63, 3.8) is 0 Å². The maximum absolute atomic E-state index is 11.2. The molecule has 0 atom stereocenters. The van der Waals surface area contributed by atoms with E-state index in [2.05, 4.69) is 27.7 Å². The third kappa shape index (κ3) is 55.7. The summed E-state index contributed by atoms with van der Waals surface area (Å²) in [5.74, 6) is 0.536. The Balaban J connectivity index is -0.000000204. The van der Waals surface area contributed by atoms with Gasteiger partial charge in [-0.25, -0.2) is 0 Å². The number of unbranched alkanes of at least 4 members (excludes halogenated alkanes) is 3. The second-order valence-electron chi connectivity index (χ2n) is 11.5. The average Bonchev–Trinajstić information content (AvgIpc) is 2.68. The first-order chi connectivity index (χ1) is 16.8. The van der Waals surface area contributed by atoms with Crippen LogP contribution in [0.2, 0.25) is 0 Å². The molecule has 0 rings (SSSR count). The Morgan fingerprint density at radius 2 is 1.03 bits per heavy atom. The van der Waals surface area contributed by atoms with Gasteiger partial charge in [-0.2, -0.15) is 0 Å². The van der Waals surface area contributed by atoms with Gasteiger partial charge in [0.05, 0.1) is 0 Å². The molecule has 220 valence electrons. The van der Waals surface area contributed by atoms with Crippen LogP contribution in [0.25, 0.3) is 0 Å².